The average molecular weight is 454 g/mol. The summed E-state index contributed by atoms with van der Waals surface area (Å²) < 4.78 is 0. The fourth-order valence-electron chi connectivity index (χ4n) is 4.88. The van der Waals surface area contributed by atoms with Gasteiger partial charge in [0, 0.05) is 13.1 Å². The maximum absolute atomic E-state index is 13.9. The number of carbonyl (C=O) groups is 3. The van der Waals surface area contributed by atoms with E-state index in [1.54, 1.807) is 4.90 Å². The lowest BCUT2D eigenvalue weighted by atomic mass is 9.81. The molecule has 0 saturated carbocycles. The molecule has 2 aliphatic heterocycles. The molecule has 3 aromatic carbocycles. The fraction of sp³-hybridized carbons (Fsp3) is 0.250. The van der Waals surface area contributed by atoms with Crippen molar-refractivity contribution < 1.29 is 14.4 Å². The maximum atomic E-state index is 13.9. The molecule has 2 heterocycles. The Morgan fingerprint density at radius 2 is 1.59 bits per heavy atom. The van der Waals surface area contributed by atoms with Crippen molar-refractivity contribution in [2.45, 2.75) is 32.4 Å². The molecule has 1 saturated heterocycles. The summed E-state index contributed by atoms with van der Waals surface area (Å²) in [6.07, 6.45) is 0.763. The predicted molar refractivity (Wildman–Crippen MR) is 129 cm³/mol. The standard InChI is InChI=1S/C28H27N3O3/c1-19-12-13-24(16-20(19)2)28(23-10-4-3-5-11-23)26(33)31(27(34)29-28)18-25(32)30-15-14-21-8-6-7-9-22(21)17-30/h3-13,16H,14-15,17-18H2,1-2H3,(H,29,34). The summed E-state index contributed by atoms with van der Waals surface area (Å²) in [4.78, 5) is 43.0. The van der Waals surface area contributed by atoms with Gasteiger partial charge in [-0.05, 0) is 53.6 Å². The zero-order chi connectivity index (χ0) is 23.9. The molecule has 1 unspecified atom stereocenters. The number of urea groups is 1. The smallest absolute Gasteiger partial charge is 0.326 e. The van der Waals surface area contributed by atoms with Gasteiger partial charge in [-0.3, -0.25) is 14.5 Å². The number of benzene rings is 3. The van der Waals surface area contributed by atoms with E-state index in [-0.39, 0.29) is 12.5 Å². The molecule has 1 atom stereocenters. The topological polar surface area (TPSA) is 69.7 Å². The highest BCUT2D eigenvalue weighted by molar-refractivity contribution is 6.11. The lowest BCUT2D eigenvalue weighted by Gasteiger charge is -2.31. The van der Waals surface area contributed by atoms with Gasteiger partial charge in [0.2, 0.25) is 5.91 Å². The van der Waals surface area contributed by atoms with Crippen LogP contribution in [0.25, 0.3) is 0 Å². The molecule has 6 heteroatoms. The zero-order valence-corrected chi connectivity index (χ0v) is 19.4. The van der Waals surface area contributed by atoms with Gasteiger partial charge in [-0.25, -0.2) is 4.79 Å². The van der Waals surface area contributed by atoms with Crippen LogP contribution in [0.4, 0.5) is 4.79 Å². The molecule has 3 aromatic rings. The minimum atomic E-state index is -1.37. The van der Waals surface area contributed by atoms with Gasteiger partial charge in [0.1, 0.15) is 6.54 Å². The number of fused-ring (bicyclic) bond motifs is 1. The van der Waals surface area contributed by atoms with Crippen molar-refractivity contribution >= 4 is 17.8 Å². The Hall–Kier alpha value is -3.93. The first-order valence-corrected chi connectivity index (χ1v) is 11.5. The van der Waals surface area contributed by atoms with Gasteiger partial charge < -0.3 is 10.2 Å². The normalized spacial score (nSPS) is 19.7. The molecule has 172 valence electrons. The van der Waals surface area contributed by atoms with Gasteiger partial charge in [0.05, 0.1) is 0 Å². The lowest BCUT2D eigenvalue weighted by Crippen LogP contribution is -2.47. The van der Waals surface area contributed by atoms with Crippen LogP contribution < -0.4 is 5.32 Å². The molecule has 0 aliphatic carbocycles. The molecule has 1 N–H and O–H groups in total. The van der Waals surface area contributed by atoms with Gasteiger partial charge in [-0.1, -0.05) is 72.8 Å². The van der Waals surface area contributed by atoms with Crippen molar-refractivity contribution in [3.8, 4) is 0 Å². The largest absolute Gasteiger partial charge is 0.336 e. The second kappa shape index (κ2) is 8.45. The number of rotatable bonds is 4. The van der Waals surface area contributed by atoms with Crippen LogP contribution >= 0.6 is 0 Å². The number of hydrogen-bond acceptors (Lipinski definition) is 3. The Balaban J connectivity index is 1.46. The molecule has 0 bridgehead atoms. The maximum Gasteiger partial charge on any atom is 0.326 e. The van der Waals surface area contributed by atoms with Crippen LogP contribution in [-0.2, 0) is 28.1 Å². The monoisotopic (exact) mass is 453 g/mol. The highest BCUT2D eigenvalue weighted by Crippen LogP contribution is 2.37. The summed E-state index contributed by atoms with van der Waals surface area (Å²) in [5.41, 5.74) is 4.44. The van der Waals surface area contributed by atoms with E-state index in [0.717, 1.165) is 28.0 Å². The number of hydrogen-bond donors (Lipinski definition) is 1. The van der Waals surface area contributed by atoms with Crippen LogP contribution in [0.15, 0.2) is 72.8 Å². The van der Waals surface area contributed by atoms with E-state index in [1.807, 2.05) is 80.6 Å². The first-order chi connectivity index (χ1) is 16.4. The average Bonchev–Trinajstić information content (AvgIpc) is 3.11. The number of imide groups is 1. The SMILES string of the molecule is Cc1ccc(C2(c3ccccc3)NC(=O)N(CC(=O)N3CCc4ccccc4C3)C2=O)cc1C. The van der Waals surface area contributed by atoms with Crippen LogP contribution in [0.2, 0.25) is 0 Å². The first kappa shape index (κ1) is 21.9. The van der Waals surface area contributed by atoms with Crippen molar-refractivity contribution in [1.29, 1.82) is 0 Å². The minimum absolute atomic E-state index is 0.234. The Morgan fingerprint density at radius 3 is 2.32 bits per heavy atom. The molecule has 0 spiro atoms. The third-order valence-corrected chi connectivity index (χ3v) is 7.03. The number of nitrogens with zero attached hydrogens (tertiary/aromatic N) is 2. The summed E-state index contributed by atoms with van der Waals surface area (Å²) in [6, 6.07) is 22.5. The summed E-state index contributed by atoms with van der Waals surface area (Å²) in [5, 5.41) is 2.94. The van der Waals surface area contributed by atoms with E-state index >= 15 is 0 Å². The zero-order valence-electron chi connectivity index (χ0n) is 19.4. The van der Waals surface area contributed by atoms with E-state index in [0.29, 0.717) is 24.2 Å². The van der Waals surface area contributed by atoms with Crippen LogP contribution in [-0.4, -0.2) is 40.7 Å². The fourth-order valence-corrected chi connectivity index (χ4v) is 4.88. The van der Waals surface area contributed by atoms with Gasteiger partial charge in [-0.2, -0.15) is 0 Å². The Morgan fingerprint density at radius 1 is 0.882 bits per heavy atom. The van der Waals surface area contributed by atoms with E-state index in [2.05, 4.69) is 11.4 Å². The van der Waals surface area contributed by atoms with Gasteiger partial charge in [-0.15, -0.1) is 0 Å². The van der Waals surface area contributed by atoms with Crippen molar-refractivity contribution in [3.63, 3.8) is 0 Å². The van der Waals surface area contributed by atoms with Crippen molar-refractivity contribution in [3.05, 3.63) is 106 Å². The second-order valence-corrected chi connectivity index (χ2v) is 9.07. The lowest BCUT2D eigenvalue weighted by molar-refractivity contribution is -0.139. The van der Waals surface area contributed by atoms with Crippen molar-refractivity contribution in [1.82, 2.24) is 15.1 Å². The number of carbonyl (C=O) groups excluding carboxylic acids is 3. The van der Waals surface area contributed by atoms with Gasteiger partial charge in [0.15, 0.2) is 5.54 Å². The highest BCUT2D eigenvalue weighted by Gasteiger charge is 2.54. The molecule has 34 heavy (non-hydrogen) atoms. The van der Waals surface area contributed by atoms with E-state index in [1.165, 1.54) is 5.56 Å². The first-order valence-electron chi connectivity index (χ1n) is 11.5. The summed E-state index contributed by atoms with van der Waals surface area (Å²) in [5.74, 6) is -0.667. The molecule has 2 aliphatic rings. The minimum Gasteiger partial charge on any atom is -0.336 e. The van der Waals surface area contributed by atoms with Crippen molar-refractivity contribution in [2.24, 2.45) is 0 Å². The molecule has 0 aromatic heterocycles. The van der Waals surface area contributed by atoms with Crippen LogP contribution in [0.3, 0.4) is 0 Å². The third kappa shape index (κ3) is 3.55. The Kier molecular flexibility index (Phi) is 5.44. The highest BCUT2D eigenvalue weighted by atomic mass is 16.2. The number of aryl methyl sites for hydroxylation is 2. The molecular formula is C28H27N3O3. The molecule has 0 radical (unpaired) electrons. The Bertz CT molecular complexity index is 1290. The van der Waals surface area contributed by atoms with E-state index in [4.69, 9.17) is 0 Å². The summed E-state index contributed by atoms with van der Waals surface area (Å²) >= 11 is 0. The Labute approximate surface area is 199 Å². The van der Waals surface area contributed by atoms with Crippen LogP contribution in [0.5, 0.6) is 0 Å². The number of amides is 4. The second-order valence-electron chi connectivity index (χ2n) is 9.07. The van der Waals surface area contributed by atoms with Crippen LogP contribution in [0.1, 0.15) is 33.4 Å². The summed E-state index contributed by atoms with van der Waals surface area (Å²) in [6.45, 7) is 4.76. The molecule has 5 rings (SSSR count). The molecule has 1 fully saturated rings. The molecule has 6 nitrogen and oxygen atoms in total. The van der Waals surface area contributed by atoms with E-state index < -0.39 is 17.5 Å². The molecular weight excluding hydrogens is 426 g/mol. The quantitative estimate of drug-likeness (QED) is 0.613. The van der Waals surface area contributed by atoms with Gasteiger partial charge >= 0.3 is 6.03 Å². The van der Waals surface area contributed by atoms with E-state index in [9.17, 15) is 14.4 Å². The van der Waals surface area contributed by atoms with Crippen LogP contribution in [0, 0.1) is 13.8 Å². The number of nitrogens with one attached hydrogen (secondary N) is 1. The van der Waals surface area contributed by atoms with Crippen molar-refractivity contribution in [2.75, 3.05) is 13.1 Å². The third-order valence-electron chi connectivity index (χ3n) is 7.03. The summed E-state index contributed by atoms with van der Waals surface area (Å²) in [7, 11) is 0. The predicted octanol–water partition coefficient (Wildman–Crippen LogP) is 3.68. The van der Waals surface area contributed by atoms with Gasteiger partial charge in [0.25, 0.3) is 5.91 Å². The molecule has 4 amide bonds.